The predicted octanol–water partition coefficient (Wildman–Crippen LogP) is 4.22. The molecule has 0 amide bonds. The first-order valence-electron chi connectivity index (χ1n) is 10.5. The van der Waals surface area contributed by atoms with Crippen LogP contribution in [0.2, 0.25) is 0 Å². The summed E-state index contributed by atoms with van der Waals surface area (Å²) < 4.78 is 0. The number of benzene rings is 1. The fourth-order valence-electron chi connectivity index (χ4n) is 3.46. The van der Waals surface area contributed by atoms with E-state index in [9.17, 15) is 0 Å². The van der Waals surface area contributed by atoms with Crippen LogP contribution in [0, 0.1) is 6.92 Å². The van der Waals surface area contributed by atoms with Gasteiger partial charge in [0.25, 0.3) is 0 Å². The number of nitrogens with one attached hydrogen (secondary N) is 1. The van der Waals surface area contributed by atoms with Crippen molar-refractivity contribution in [1.29, 1.82) is 0 Å². The van der Waals surface area contributed by atoms with E-state index in [1.54, 1.807) is 0 Å². The lowest BCUT2D eigenvalue weighted by atomic mass is 10.2. The van der Waals surface area contributed by atoms with Crippen molar-refractivity contribution < 1.29 is 0 Å². The summed E-state index contributed by atoms with van der Waals surface area (Å²) >= 11 is 0. The molecule has 0 atom stereocenters. The quantitative estimate of drug-likeness (QED) is 0.661. The SMILES string of the molecule is CCCCCNc1cc(N2CCN(C/C=C/c3ccccc3)CC2)nc(C)n1. The van der Waals surface area contributed by atoms with Crippen molar-refractivity contribution in [2.45, 2.75) is 33.1 Å². The maximum absolute atomic E-state index is 4.67. The molecule has 0 saturated carbocycles. The maximum atomic E-state index is 4.67. The van der Waals surface area contributed by atoms with Crippen LogP contribution in [-0.2, 0) is 0 Å². The van der Waals surface area contributed by atoms with Crippen molar-refractivity contribution in [1.82, 2.24) is 14.9 Å². The number of hydrogen-bond acceptors (Lipinski definition) is 5. The second kappa shape index (κ2) is 10.8. The third kappa shape index (κ3) is 6.34. The molecule has 5 nitrogen and oxygen atoms in total. The summed E-state index contributed by atoms with van der Waals surface area (Å²) in [6.07, 6.45) is 8.14. The molecular weight excluding hydrogens is 346 g/mol. The molecule has 1 N–H and O–H groups in total. The summed E-state index contributed by atoms with van der Waals surface area (Å²) in [5, 5.41) is 3.45. The molecule has 0 radical (unpaired) electrons. The van der Waals surface area contributed by atoms with Crippen LogP contribution in [0.15, 0.2) is 42.5 Å². The Bertz CT molecular complexity index is 736. The molecule has 1 aromatic carbocycles. The summed E-state index contributed by atoms with van der Waals surface area (Å²) in [6.45, 7) is 10.3. The topological polar surface area (TPSA) is 44.3 Å². The Morgan fingerprint density at radius 1 is 1.04 bits per heavy atom. The Hall–Kier alpha value is -2.40. The molecule has 0 unspecified atom stereocenters. The summed E-state index contributed by atoms with van der Waals surface area (Å²) in [6, 6.07) is 12.6. The zero-order valence-electron chi connectivity index (χ0n) is 17.3. The number of aromatic nitrogens is 2. The van der Waals surface area contributed by atoms with E-state index in [0.717, 1.165) is 56.7 Å². The van der Waals surface area contributed by atoms with Crippen LogP contribution in [0.1, 0.15) is 37.6 Å². The van der Waals surface area contributed by atoms with E-state index in [1.165, 1.54) is 24.8 Å². The molecular formula is C23H33N5. The van der Waals surface area contributed by atoms with Gasteiger partial charge in [0.1, 0.15) is 17.5 Å². The van der Waals surface area contributed by atoms with Gasteiger partial charge in [-0.25, -0.2) is 9.97 Å². The number of hydrogen-bond donors (Lipinski definition) is 1. The highest BCUT2D eigenvalue weighted by Crippen LogP contribution is 2.18. The van der Waals surface area contributed by atoms with Gasteiger partial charge >= 0.3 is 0 Å². The summed E-state index contributed by atoms with van der Waals surface area (Å²) in [5.74, 6) is 2.83. The number of rotatable bonds is 9. The van der Waals surface area contributed by atoms with Crippen LogP contribution in [0.25, 0.3) is 6.08 Å². The van der Waals surface area contributed by atoms with E-state index >= 15 is 0 Å². The largest absolute Gasteiger partial charge is 0.370 e. The molecule has 2 aromatic rings. The fraction of sp³-hybridized carbons (Fsp3) is 0.478. The van der Waals surface area contributed by atoms with E-state index in [0.29, 0.717) is 0 Å². The van der Waals surface area contributed by atoms with E-state index in [-0.39, 0.29) is 0 Å². The summed E-state index contributed by atoms with van der Waals surface area (Å²) in [7, 11) is 0. The Labute approximate surface area is 169 Å². The third-order valence-electron chi connectivity index (χ3n) is 5.08. The average molecular weight is 380 g/mol. The van der Waals surface area contributed by atoms with E-state index in [2.05, 4.69) is 80.6 Å². The highest BCUT2D eigenvalue weighted by Gasteiger charge is 2.18. The van der Waals surface area contributed by atoms with Gasteiger partial charge in [0.05, 0.1) is 0 Å². The average Bonchev–Trinajstić information content (AvgIpc) is 2.72. The minimum Gasteiger partial charge on any atom is -0.370 e. The van der Waals surface area contributed by atoms with Gasteiger partial charge in [0.2, 0.25) is 0 Å². The highest BCUT2D eigenvalue weighted by atomic mass is 15.3. The van der Waals surface area contributed by atoms with Crippen LogP contribution >= 0.6 is 0 Å². The standard InChI is InChI=1S/C23H33N5/c1-3-4-8-13-24-22-19-23(26-20(2)25-22)28-17-15-27(16-18-28)14-9-12-21-10-6-5-7-11-21/h5-7,9-12,19H,3-4,8,13-18H2,1-2H3,(H,24,25,26)/b12-9+. The van der Waals surface area contributed by atoms with Crippen molar-refractivity contribution in [2.24, 2.45) is 0 Å². The Balaban J connectivity index is 1.48. The number of aryl methyl sites for hydroxylation is 1. The molecule has 2 heterocycles. The van der Waals surface area contributed by atoms with Gasteiger partial charge in [-0.1, -0.05) is 62.2 Å². The first-order chi connectivity index (χ1) is 13.7. The highest BCUT2D eigenvalue weighted by molar-refractivity contribution is 5.50. The molecule has 0 bridgehead atoms. The van der Waals surface area contributed by atoms with Crippen molar-refractivity contribution >= 4 is 17.7 Å². The zero-order valence-corrected chi connectivity index (χ0v) is 17.3. The molecule has 0 spiro atoms. The van der Waals surface area contributed by atoms with Gasteiger partial charge < -0.3 is 10.2 Å². The Morgan fingerprint density at radius 2 is 1.82 bits per heavy atom. The molecule has 1 saturated heterocycles. The van der Waals surface area contributed by atoms with Gasteiger partial charge in [0.15, 0.2) is 0 Å². The monoisotopic (exact) mass is 379 g/mol. The minimum absolute atomic E-state index is 0.837. The van der Waals surface area contributed by atoms with Gasteiger partial charge in [-0.05, 0) is 18.9 Å². The predicted molar refractivity (Wildman–Crippen MR) is 119 cm³/mol. The van der Waals surface area contributed by atoms with E-state index < -0.39 is 0 Å². The lowest BCUT2D eigenvalue weighted by Gasteiger charge is -2.35. The number of nitrogens with zero attached hydrogens (tertiary/aromatic N) is 4. The number of anilines is 2. The second-order valence-corrected chi connectivity index (χ2v) is 7.39. The molecule has 1 aliphatic heterocycles. The molecule has 1 fully saturated rings. The minimum atomic E-state index is 0.837. The zero-order chi connectivity index (χ0) is 19.6. The van der Waals surface area contributed by atoms with Crippen molar-refractivity contribution in [3.63, 3.8) is 0 Å². The molecule has 28 heavy (non-hydrogen) atoms. The molecule has 1 aliphatic rings. The first-order valence-corrected chi connectivity index (χ1v) is 10.5. The Morgan fingerprint density at radius 3 is 2.57 bits per heavy atom. The van der Waals surface area contributed by atoms with Crippen LogP contribution < -0.4 is 10.2 Å². The summed E-state index contributed by atoms with van der Waals surface area (Å²) in [5.41, 5.74) is 1.26. The van der Waals surface area contributed by atoms with Crippen molar-refractivity contribution in [2.75, 3.05) is 49.5 Å². The van der Waals surface area contributed by atoms with E-state index in [4.69, 9.17) is 0 Å². The fourth-order valence-corrected chi connectivity index (χ4v) is 3.46. The third-order valence-corrected chi connectivity index (χ3v) is 5.08. The second-order valence-electron chi connectivity index (χ2n) is 7.39. The molecule has 5 heteroatoms. The lowest BCUT2D eigenvalue weighted by Crippen LogP contribution is -2.46. The van der Waals surface area contributed by atoms with E-state index in [1.807, 2.05) is 6.92 Å². The van der Waals surface area contributed by atoms with Crippen molar-refractivity contribution in [3.05, 3.63) is 53.9 Å². The van der Waals surface area contributed by atoms with Gasteiger partial charge in [-0.3, -0.25) is 4.90 Å². The van der Waals surface area contributed by atoms with Crippen LogP contribution in [0.4, 0.5) is 11.6 Å². The first kappa shape index (κ1) is 20.3. The molecule has 0 aliphatic carbocycles. The van der Waals surface area contributed by atoms with Crippen LogP contribution in [0.5, 0.6) is 0 Å². The molecule has 1 aromatic heterocycles. The molecule has 3 rings (SSSR count). The molecule has 150 valence electrons. The summed E-state index contributed by atoms with van der Waals surface area (Å²) in [4.78, 5) is 14.1. The smallest absolute Gasteiger partial charge is 0.134 e. The van der Waals surface area contributed by atoms with Crippen LogP contribution in [0.3, 0.4) is 0 Å². The van der Waals surface area contributed by atoms with Gasteiger partial charge in [-0.2, -0.15) is 0 Å². The normalized spacial score (nSPS) is 15.3. The van der Waals surface area contributed by atoms with Crippen LogP contribution in [-0.4, -0.2) is 54.1 Å². The van der Waals surface area contributed by atoms with Gasteiger partial charge in [0, 0.05) is 45.3 Å². The maximum Gasteiger partial charge on any atom is 0.134 e. The number of piperazine rings is 1. The Kier molecular flexibility index (Phi) is 7.85. The lowest BCUT2D eigenvalue weighted by molar-refractivity contribution is 0.283. The van der Waals surface area contributed by atoms with Gasteiger partial charge in [-0.15, -0.1) is 0 Å². The van der Waals surface area contributed by atoms with Crippen molar-refractivity contribution in [3.8, 4) is 0 Å². The number of unbranched alkanes of at least 4 members (excludes halogenated alkanes) is 2.